The summed E-state index contributed by atoms with van der Waals surface area (Å²) in [4.78, 5) is 21.1. The van der Waals surface area contributed by atoms with E-state index in [9.17, 15) is 4.79 Å². The quantitative estimate of drug-likeness (QED) is 0.606. The van der Waals surface area contributed by atoms with Crippen molar-refractivity contribution in [2.75, 3.05) is 24.5 Å². The van der Waals surface area contributed by atoms with Gasteiger partial charge in [0.15, 0.2) is 0 Å². The number of halogens is 2. The van der Waals surface area contributed by atoms with E-state index >= 15 is 0 Å². The molecule has 2 heterocycles. The van der Waals surface area contributed by atoms with E-state index in [2.05, 4.69) is 15.3 Å². The Morgan fingerprint density at radius 1 is 1.38 bits per heavy atom. The molecule has 1 aromatic heterocycles. The summed E-state index contributed by atoms with van der Waals surface area (Å²) >= 11 is 11.7. The predicted octanol–water partition coefficient (Wildman–Crippen LogP) is 1.03. The van der Waals surface area contributed by atoms with Crippen LogP contribution < -0.4 is 10.2 Å². The van der Waals surface area contributed by atoms with Crippen LogP contribution in [0.3, 0.4) is 0 Å². The molecule has 0 aliphatic carbocycles. The Balaban J connectivity index is 2.35. The molecule has 0 spiro atoms. The number of hydrogen-bond acceptors (Lipinski definition) is 4. The largest absolute Gasteiger partial charge is 0.353 e. The Hall–Kier alpha value is -1.07. The normalized spacial score (nSPS) is 16.2. The highest BCUT2D eigenvalue weighted by Gasteiger charge is 2.21. The minimum atomic E-state index is -0.0310. The summed E-state index contributed by atoms with van der Waals surface area (Å²) in [5.41, 5.74) is 0.737. The van der Waals surface area contributed by atoms with Crippen molar-refractivity contribution in [1.82, 2.24) is 15.3 Å². The van der Waals surface area contributed by atoms with Gasteiger partial charge in [0.1, 0.15) is 11.0 Å². The number of piperazine rings is 1. The molecule has 5 nitrogen and oxygen atoms in total. The zero-order chi connectivity index (χ0) is 11.7. The molecule has 1 saturated heterocycles. The van der Waals surface area contributed by atoms with Crippen LogP contribution in [0.15, 0.2) is 0 Å². The second-order valence-corrected chi connectivity index (χ2v) is 4.20. The molecule has 1 aliphatic heterocycles. The van der Waals surface area contributed by atoms with Gasteiger partial charge in [0, 0.05) is 18.7 Å². The first-order valence-corrected chi connectivity index (χ1v) is 5.55. The van der Waals surface area contributed by atoms with Gasteiger partial charge in [0.2, 0.25) is 11.2 Å². The minimum Gasteiger partial charge on any atom is -0.353 e. The average Bonchev–Trinajstić information content (AvgIpc) is 2.23. The van der Waals surface area contributed by atoms with Gasteiger partial charge in [-0.15, -0.1) is 0 Å². The molecule has 0 bridgehead atoms. The molecule has 0 radical (unpaired) electrons. The zero-order valence-electron chi connectivity index (χ0n) is 8.63. The molecule has 86 valence electrons. The summed E-state index contributed by atoms with van der Waals surface area (Å²) in [5.74, 6) is 0.594. The third kappa shape index (κ3) is 2.20. The highest BCUT2D eigenvalue weighted by Crippen LogP contribution is 2.25. The zero-order valence-corrected chi connectivity index (χ0v) is 10.1. The summed E-state index contributed by atoms with van der Waals surface area (Å²) < 4.78 is 0. The molecule has 1 amide bonds. The van der Waals surface area contributed by atoms with Crippen molar-refractivity contribution in [3.05, 3.63) is 16.0 Å². The molecular formula is C9H10Cl2N4O. The number of nitrogens with zero attached hydrogens (tertiary/aromatic N) is 3. The molecule has 2 rings (SSSR count). The summed E-state index contributed by atoms with van der Waals surface area (Å²) in [6.45, 7) is 3.36. The molecule has 0 unspecified atom stereocenters. The Bertz CT molecular complexity index is 438. The van der Waals surface area contributed by atoms with Gasteiger partial charge in [-0.2, -0.15) is 0 Å². The van der Waals surface area contributed by atoms with Crippen molar-refractivity contribution >= 4 is 34.9 Å². The van der Waals surface area contributed by atoms with Gasteiger partial charge in [0.05, 0.1) is 6.54 Å². The van der Waals surface area contributed by atoms with Crippen LogP contribution >= 0.6 is 23.2 Å². The Morgan fingerprint density at radius 3 is 2.81 bits per heavy atom. The summed E-state index contributed by atoms with van der Waals surface area (Å²) in [5, 5.41) is 3.15. The van der Waals surface area contributed by atoms with Gasteiger partial charge in [-0.25, -0.2) is 9.97 Å². The minimum absolute atomic E-state index is 0.0310. The Kier molecular flexibility index (Phi) is 3.16. The molecule has 1 fully saturated rings. The maximum Gasteiger partial charge on any atom is 0.239 e. The molecule has 1 aromatic rings. The summed E-state index contributed by atoms with van der Waals surface area (Å²) in [6, 6.07) is 0. The van der Waals surface area contributed by atoms with E-state index in [1.54, 1.807) is 6.92 Å². The van der Waals surface area contributed by atoms with Crippen molar-refractivity contribution in [1.29, 1.82) is 0 Å². The molecule has 7 heteroatoms. The van der Waals surface area contributed by atoms with Gasteiger partial charge in [-0.05, 0) is 18.5 Å². The van der Waals surface area contributed by atoms with Gasteiger partial charge < -0.3 is 10.2 Å². The molecule has 0 aromatic carbocycles. The van der Waals surface area contributed by atoms with E-state index in [0.29, 0.717) is 24.1 Å². The fourth-order valence-corrected chi connectivity index (χ4v) is 1.95. The molecule has 1 aliphatic rings. The van der Waals surface area contributed by atoms with Crippen molar-refractivity contribution in [3.63, 3.8) is 0 Å². The van der Waals surface area contributed by atoms with Crippen LogP contribution in [0.2, 0.25) is 10.4 Å². The van der Waals surface area contributed by atoms with Crippen LogP contribution in [0.1, 0.15) is 5.56 Å². The van der Waals surface area contributed by atoms with Crippen LogP contribution in [-0.2, 0) is 4.79 Å². The van der Waals surface area contributed by atoms with Crippen LogP contribution in [-0.4, -0.2) is 35.5 Å². The number of rotatable bonds is 1. The summed E-state index contributed by atoms with van der Waals surface area (Å²) in [6.07, 6.45) is 0. The molecule has 0 saturated carbocycles. The first-order valence-electron chi connectivity index (χ1n) is 4.79. The summed E-state index contributed by atoms with van der Waals surface area (Å²) in [7, 11) is 0. The van der Waals surface area contributed by atoms with E-state index < -0.39 is 0 Å². The SMILES string of the molecule is Cc1c(Cl)nc(Cl)nc1N1CCNC(=O)C1. The smallest absolute Gasteiger partial charge is 0.239 e. The van der Waals surface area contributed by atoms with E-state index in [4.69, 9.17) is 23.2 Å². The fourth-order valence-electron chi connectivity index (χ4n) is 1.58. The number of nitrogens with one attached hydrogen (secondary N) is 1. The van der Waals surface area contributed by atoms with Crippen molar-refractivity contribution < 1.29 is 4.79 Å². The highest BCUT2D eigenvalue weighted by atomic mass is 35.5. The highest BCUT2D eigenvalue weighted by molar-refractivity contribution is 6.32. The van der Waals surface area contributed by atoms with Gasteiger partial charge in [-0.3, -0.25) is 4.79 Å². The monoisotopic (exact) mass is 260 g/mol. The molecule has 1 N–H and O–H groups in total. The molecular weight excluding hydrogens is 251 g/mol. The first kappa shape index (κ1) is 11.4. The third-order valence-corrected chi connectivity index (χ3v) is 2.91. The number of aromatic nitrogens is 2. The molecule has 0 atom stereocenters. The average molecular weight is 261 g/mol. The number of anilines is 1. The van der Waals surface area contributed by atoms with Crippen molar-refractivity contribution in [2.24, 2.45) is 0 Å². The fraction of sp³-hybridized carbons (Fsp3) is 0.444. The van der Waals surface area contributed by atoms with Crippen LogP contribution in [0.25, 0.3) is 0 Å². The van der Waals surface area contributed by atoms with E-state index in [1.165, 1.54) is 0 Å². The third-order valence-electron chi connectivity index (χ3n) is 2.37. The number of carbonyl (C=O) groups excluding carboxylic acids is 1. The van der Waals surface area contributed by atoms with Crippen LogP contribution in [0.4, 0.5) is 5.82 Å². The predicted molar refractivity (Wildman–Crippen MR) is 62.0 cm³/mol. The molecule has 16 heavy (non-hydrogen) atoms. The first-order chi connectivity index (χ1) is 7.58. The lowest BCUT2D eigenvalue weighted by molar-refractivity contribution is -0.120. The topological polar surface area (TPSA) is 58.1 Å². The van der Waals surface area contributed by atoms with E-state index in [0.717, 1.165) is 5.56 Å². The van der Waals surface area contributed by atoms with Gasteiger partial charge >= 0.3 is 0 Å². The second-order valence-electron chi connectivity index (χ2n) is 3.50. The van der Waals surface area contributed by atoms with Crippen molar-refractivity contribution in [3.8, 4) is 0 Å². The van der Waals surface area contributed by atoms with E-state index in [-0.39, 0.29) is 17.7 Å². The maximum absolute atomic E-state index is 11.3. The van der Waals surface area contributed by atoms with Gasteiger partial charge in [0.25, 0.3) is 0 Å². The lowest BCUT2D eigenvalue weighted by atomic mass is 10.3. The van der Waals surface area contributed by atoms with Crippen LogP contribution in [0, 0.1) is 6.92 Å². The maximum atomic E-state index is 11.3. The number of hydrogen-bond donors (Lipinski definition) is 1. The lowest BCUT2D eigenvalue weighted by Crippen LogP contribution is -2.48. The van der Waals surface area contributed by atoms with Gasteiger partial charge in [-0.1, -0.05) is 11.6 Å². The van der Waals surface area contributed by atoms with E-state index in [1.807, 2.05) is 4.90 Å². The van der Waals surface area contributed by atoms with Crippen molar-refractivity contribution in [2.45, 2.75) is 6.92 Å². The lowest BCUT2D eigenvalue weighted by Gasteiger charge is -2.28. The Morgan fingerprint density at radius 2 is 2.12 bits per heavy atom. The van der Waals surface area contributed by atoms with Crippen LogP contribution in [0.5, 0.6) is 0 Å². The second kappa shape index (κ2) is 4.43. The number of amides is 1. The standard InChI is InChI=1S/C9H10Cl2N4O/c1-5-7(10)13-9(11)14-8(5)15-3-2-12-6(16)4-15/h2-4H2,1H3,(H,12,16). The Labute approximate surface area is 103 Å². The number of carbonyl (C=O) groups is 1.